The molecular formula is C15H17FN2O2. The number of carbonyl (C=O) groups is 2. The third-order valence-electron chi connectivity index (χ3n) is 4.19. The Hall–Kier alpha value is -1.91. The molecule has 0 unspecified atom stereocenters. The van der Waals surface area contributed by atoms with Gasteiger partial charge in [-0.3, -0.25) is 9.59 Å². The van der Waals surface area contributed by atoms with Crippen molar-refractivity contribution in [2.75, 3.05) is 19.6 Å². The molecule has 0 aromatic heterocycles. The van der Waals surface area contributed by atoms with Crippen molar-refractivity contribution in [1.82, 2.24) is 9.80 Å². The quantitative estimate of drug-likeness (QED) is 0.780. The lowest BCUT2D eigenvalue weighted by Crippen LogP contribution is -2.53. The SMILES string of the molecule is C[C@@H]1C[C@@H]2CN(C(=O)c3ccc(F)cc3)CCN2C1=O. The fourth-order valence-electron chi connectivity index (χ4n) is 3.10. The fourth-order valence-corrected chi connectivity index (χ4v) is 3.10. The molecule has 3 rings (SSSR count). The predicted molar refractivity (Wildman–Crippen MR) is 71.6 cm³/mol. The molecule has 2 aliphatic rings. The van der Waals surface area contributed by atoms with Crippen molar-refractivity contribution in [1.29, 1.82) is 0 Å². The van der Waals surface area contributed by atoms with Crippen LogP contribution < -0.4 is 0 Å². The van der Waals surface area contributed by atoms with E-state index in [4.69, 9.17) is 0 Å². The van der Waals surface area contributed by atoms with Crippen molar-refractivity contribution in [3.8, 4) is 0 Å². The van der Waals surface area contributed by atoms with E-state index < -0.39 is 0 Å². The second-order valence-corrected chi connectivity index (χ2v) is 5.58. The van der Waals surface area contributed by atoms with E-state index in [0.717, 1.165) is 6.42 Å². The lowest BCUT2D eigenvalue weighted by molar-refractivity contribution is -0.132. The highest BCUT2D eigenvalue weighted by Crippen LogP contribution is 2.27. The molecule has 2 amide bonds. The normalized spacial score (nSPS) is 25.8. The zero-order valence-corrected chi connectivity index (χ0v) is 11.4. The molecule has 0 aliphatic carbocycles. The number of halogens is 1. The van der Waals surface area contributed by atoms with Gasteiger partial charge in [-0.15, -0.1) is 0 Å². The summed E-state index contributed by atoms with van der Waals surface area (Å²) in [4.78, 5) is 27.9. The van der Waals surface area contributed by atoms with E-state index in [1.807, 2.05) is 11.8 Å². The number of amides is 2. The fraction of sp³-hybridized carbons (Fsp3) is 0.467. The highest BCUT2D eigenvalue weighted by atomic mass is 19.1. The molecule has 0 saturated carbocycles. The maximum absolute atomic E-state index is 12.9. The average molecular weight is 276 g/mol. The van der Waals surface area contributed by atoms with E-state index in [1.165, 1.54) is 24.3 Å². The largest absolute Gasteiger partial charge is 0.336 e. The van der Waals surface area contributed by atoms with Gasteiger partial charge in [-0.1, -0.05) is 6.92 Å². The predicted octanol–water partition coefficient (Wildman–Crippen LogP) is 1.52. The summed E-state index contributed by atoms with van der Waals surface area (Å²) in [6.45, 7) is 3.66. The summed E-state index contributed by atoms with van der Waals surface area (Å²) in [5.74, 6) is -0.178. The summed E-state index contributed by atoms with van der Waals surface area (Å²) in [6.07, 6.45) is 0.812. The molecule has 0 spiro atoms. The van der Waals surface area contributed by atoms with Crippen LogP contribution >= 0.6 is 0 Å². The van der Waals surface area contributed by atoms with E-state index in [2.05, 4.69) is 0 Å². The second kappa shape index (κ2) is 4.89. The van der Waals surface area contributed by atoms with Crippen LogP contribution in [0, 0.1) is 11.7 Å². The topological polar surface area (TPSA) is 40.6 Å². The van der Waals surface area contributed by atoms with Gasteiger partial charge in [0.25, 0.3) is 5.91 Å². The maximum Gasteiger partial charge on any atom is 0.253 e. The van der Waals surface area contributed by atoms with Gasteiger partial charge in [0.05, 0.1) is 6.04 Å². The molecule has 0 radical (unpaired) electrons. The standard InChI is InChI=1S/C15H17FN2O2/c1-10-8-13-9-17(6-7-18(13)14(10)19)15(20)11-2-4-12(16)5-3-11/h2-5,10,13H,6-9H2,1H3/t10-,13-/m1/s1. The zero-order chi connectivity index (χ0) is 14.3. The molecule has 2 aliphatic heterocycles. The van der Waals surface area contributed by atoms with E-state index in [1.54, 1.807) is 4.90 Å². The summed E-state index contributed by atoms with van der Waals surface area (Å²) in [7, 11) is 0. The molecule has 0 bridgehead atoms. The Kier molecular flexibility index (Phi) is 3.20. The van der Waals surface area contributed by atoms with Gasteiger partial charge in [0.2, 0.25) is 5.91 Å². The number of rotatable bonds is 1. The van der Waals surface area contributed by atoms with Crippen molar-refractivity contribution in [2.45, 2.75) is 19.4 Å². The molecule has 2 atom stereocenters. The molecular weight excluding hydrogens is 259 g/mol. The van der Waals surface area contributed by atoms with Crippen LogP contribution in [0.3, 0.4) is 0 Å². The molecule has 1 aromatic rings. The molecule has 20 heavy (non-hydrogen) atoms. The molecule has 2 fully saturated rings. The van der Waals surface area contributed by atoms with E-state index in [0.29, 0.717) is 25.2 Å². The van der Waals surface area contributed by atoms with Gasteiger partial charge in [0, 0.05) is 31.1 Å². The van der Waals surface area contributed by atoms with Crippen LogP contribution in [-0.4, -0.2) is 47.3 Å². The van der Waals surface area contributed by atoms with E-state index in [9.17, 15) is 14.0 Å². The van der Waals surface area contributed by atoms with Crippen molar-refractivity contribution in [2.24, 2.45) is 5.92 Å². The molecule has 4 nitrogen and oxygen atoms in total. The second-order valence-electron chi connectivity index (χ2n) is 5.58. The number of piperazine rings is 1. The Morgan fingerprint density at radius 2 is 1.95 bits per heavy atom. The van der Waals surface area contributed by atoms with Crippen LogP contribution in [0.2, 0.25) is 0 Å². The van der Waals surface area contributed by atoms with E-state index >= 15 is 0 Å². The van der Waals surface area contributed by atoms with Crippen molar-refractivity contribution >= 4 is 11.8 Å². The lowest BCUT2D eigenvalue weighted by atomic mass is 10.1. The average Bonchev–Trinajstić information content (AvgIpc) is 2.74. The van der Waals surface area contributed by atoms with Gasteiger partial charge in [-0.2, -0.15) is 0 Å². The minimum absolute atomic E-state index is 0.0564. The van der Waals surface area contributed by atoms with Gasteiger partial charge in [-0.25, -0.2) is 4.39 Å². The van der Waals surface area contributed by atoms with Crippen LogP contribution in [0.1, 0.15) is 23.7 Å². The zero-order valence-electron chi connectivity index (χ0n) is 11.4. The molecule has 1 aromatic carbocycles. The van der Waals surface area contributed by atoms with Crippen LogP contribution in [0.4, 0.5) is 4.39 Å². The summed E-state index contributed by atoms with van der Waals surface area (Å²) in [5.41, 5.74) is 0.497. The van der Waals surface area contributed by atoms with Gasteiger partial charge in [0.1, 0.15) is 5.82 Å². The van der Waals surface area contributed by atoms with Crippen LogP contribution in [-0.2, 0) is 4.79 Å². The number of benzene rings is 1. The lowest BCUT2D eigenvalue weighted by Gasteiger charge is -2.37. The van der Waals surface area contributed by atoms with Gasteiger partial charge in [0.15, 0.2) is 0 Å². The smallest absolute Gasteiger partial charge is 0.253 e. The van der Waals surface area contributed by atoms with Crippen molar-refractivity contribution < 1.29 is 14.0 Å². The summed E-state index contributed by atoms with van der Waals surface area (Å²) < 4.78 is 12.9. The summed E-state index contributed by atoms with van der Waals surface area (Å²) in [6, 6.07) is 5.74. The Labute approximate surface area is 117 Å². The number of hydrogen-bond donors (Lipinski definition) is 0. The summed E-state index contributed by atoms with van der Waals surface area (Å²) >= 11 is 0. The first-order valence-electron chi connectivity index (χ1n) is 6.91. The number of carbonyl (C=O) groups excluding carboxylic acids is 2. The van der Waals surface area contributed by atoms with Gasteiger partial charge < -0.3 is 9.80 Å². The first-order chi connectivity index (χ1) is 9.56. The Morgan fingerprint density at radius 1 is 1.25 bits per heavy atom. The van der Waals surface area contributed by atoms with Crippen LogP contribution in [0.5, 0.6) is 0 Å². The van der Waals surface area contributed by atoms with Crippen LogP contribution in [0.15, 0.2) is 24.3 Å². The first kappa shape index (κ1) is 13.1. The Morgan fingerprint density at radius 3 is 2.65 bits per heavy atom. The molecule has 5 heteroatoms. The van der Waals surface area contributed by atoms with Crippen LogP contribution in [0.25, 0.3) is 0 Å². The van der Waals surface area contributed by atoms with E-state index in [-0.39, 0.29) is 29.6 Å². The highest BCUT2D eigenvalue weighted by Gasteiger charge is 2.41. The Balaban J connectivity index is 1.72. The minimum atomic E-state index is -0.346. The van der Waals surface area contributed by atoms with Crippen molar-refractivity contribution in [3.63, 3.8) is 0 Å². The monoisotopic (exact) mass is 276 g/mol. The molecule has 2 saturated heterocycles. The number of hydrogen-bond acceptors (Lipinski definition) is 2. The maximum atomic E-state index is 12.9. The third kappa shape index (κ3) is 2.17. The first-order valence-corrected chi connectivity index (χ1v) is 6.91. The minimum Gasteiger partial charge on any atom is -0.336 e. The number of nitrogens with zero attached hydrogens (tertiary/aromatic N) is 2. The Bertz CT molecular complexity index is 543. The van der Waals surface area contributed by atoms with Gasteiger partial charge >= 0.3 is 0 Å². The molecule has 2 heterocycles. The van der Waals surface area contributed by atoms with Crippen molar-refractivity contribution in [3.05, 3.63) is 35.6 Å². The third-order valence-corrected chi connectivity index (χ3v) is 4.19. The molecule has 0 N–H and O–H groups in total. The summed E-state index contributed by atoms with van der Waals surface area (Å²) in [5, 5.41) is 0. The number of fused-ring (bicyclic) bond motifs is 1. The van der Waals surface area contributed by atoms with Gasteiger partial charge in [-0.05, 0) is 30.7 Å². The highest BCUT2D eigenvalue weighted by molar-refractivity contribution is 5.94. The molecule has 106 valence electrons.